The van der Waals surface area contributed by atoms with Gasteiger partial charge >= 0.3 is 5.97 Å². The number of esters is 1. The lowest BCUT2D eigenvalue weighted by Gasteiger charge is -2.06. The van der Waals surface area contributed by atoms with Crippen LogP contribution in [0.3, 0.4) is 0 Å². The summed E-state index contributed by atoms with van der Waals surface area (Å²) >= 11 is 0. The van der Waals surface area contributed by atoms with Gasteiger partial charge in [0.2, 0.25) is 5.91 Å². The second-order valence-electron chi connectivity index (χ2n) is 3.85. The second kappa shape index (κ2) is 5.83. The molecule has 1 aromatic heterocycles. The minimum atomic E-state index is -3.74. The Morgan fingerprint density at radius 1 is 1.47 bits per heavy atom. The molecule has 2 N–H and O–H groups in total. The van der Waals surface area contributed by atoms with Gasteiger partial charge in [0.05, 0.1) is 24.3 Å². The van der Waals surface area contributed by atoms with Crippen molar-refractivity contribution in [1.82, 2.24) is 9.78 Å². The summed E-state index contributed by atoms with van der Waals surface area (Å²) in [6.07, 6.45) is 1.23. The highest BCUT2D eigenvalue weighted by atomic mass is 32.2. The van der Waals surface area contributed by atoms with Crippen LogP contribution in [0.15, 0.2) is 6.20 Å². The molecule has 0 bridgehead atoms. The highest BCUT2D eigenvalue weighted by molar-refractivity contribution is 7.91. The molecule has 9 heteroatoms. The number of nitrogens with two attached hydrogens (primary N) is 1. The van der Waals surface area contributed by atoms with Crippen LogP contribution in [0.1, 0.15) is 23.0 Å². The molecule has 1 aromatic rings. The third-order valence-corrected chi connectivity index (χ3v) is 3.71. The van der Waals surface area contributed by atoms with Crippen LogP contribution < -0.4 is 5.73 Å². The number of aromatic nitrogens is 2. The van der Waals surface area contributed by atoms with Crippen molar-refractivity contribution in [1.29, 1.82) is 0 Å². The molecule has 0 unspecified atom stereocenters. The zero-order chi connectivity index (χ0) is 14.6. The molecule has 8 nitrogen and oxygen atoms in total. The van der Waals surface area contributed by atoms with Crippen LogP contribution in [0.25, 0.3) is 0 Å². The van der Waals surface area contributed by atoms with Crippen LogP contribution in [-0.2, 0) is 32.2 Å². The average molecular weight is 289 g/mol. The first kappa shape index (κ1) is 15.2. The van der Waals surface area contributed by atoms with Crippen LogP contribution in [0, 0.1) is 0 Å². The highest BCUT2D eigenvalue weighted by Crippen LogP contribution is 2.13. The Hall–Kier alpha value is -1.90. The monoisotopic (exact) mass is 289 g/mol. The predicted molar refractivity (Wildman–Crippen MR) is 65.8 cm³/mol. The summed E-state index contributed by atoms with van der Waals surface area (Å²) in [5, 5.41) is 3.82. The molecule has 1 rings (SSSR count). The number of hydrogen-bond donors (Lipinski definition) is 1. The van der Waals surface area contributed by atoms with Gasteiger partial charge < -0.3 is 10.5 Å². The van der Waals surface area contributed by atoms with Crippen molar-refractivity contribution >= 4 is 21.7 Å². The molecular weight excluding hydrogens is 274 g/mol. The van der Waals surface area contributed by atoms with E-state index in [9.17, 15) is 18.0 Å². The van der Waals surface area contributed by atoms with Crippen LogP contribution in [0.5, 0.6) is 0 Å². The number of sulfone groups is 1. The van der Waals surface area contributed by atoms with E-state index in [1.54, 1.807) is 6.92 Å². The molecule has 0 aliphatic carbocycles. The van der Waals surface area contributed by atoms with E-state index in [2.05, 4.69) is 5.10 Å². The van der Waals surface area contributed by atoms with Crippen LogP contribution >= 0.6 is 0 Å². The fraction of sp³-hybridized carbons (Fsp3) is 0.500. The first-order chi connectivity index (χ1) is 8.76. The number of nitrogens with zero attached hydrogens (tertiary/aromatic N) is 2. The number of carbonyl (C=O) groups is 2. The van der Waals surface area contributed by atoms with E-state index in [1.165, 1.54) is 17.9 Å². The summed E-state index contributed by atoms with van der Waals surface area (Å²) in [4.78, 5) is 22.3. The van der Waals surface area contributed by atoms with Gasteiger partial charge in [0.1, 0.15) is 11.3 Å². The lowest BCUT2D eigenvalue weighted by Crippen LogP contribution is -2.25. The number of ether oxygens (including phenoxy) is 1. The topological polar surface area (TPSA) is 121 Å². The Morgan fingerprint density at radius 3 is 2.63 bits per heavy atom. The number of primary amides is 1. The normalized spacial score (nSPS) is 11.3. The maximum absolute atomic E-state index is 11.7. The first-order valence-corrected chi connectivity index (χ1v) is 7.25. The predicted octanol–water partition coefficient (Wildman–Crippen LogP) is -1.00. The molecule has 1 heterocycles. The molecular formula is C10H15N3O5S. The summed E-state index contributed by atoms with van der Waals surface area (Å²) in [6.45, 7) is 1.80. The zero-order valence-electron chi connectivity index (χ0n) is 10.6. The molecule has 0 radical (unpaired) electrons. The number of rotatable bonds is 6. The van der Waals surface area contributed by atoms with Gasteiger partial charge in [-0.2, -0.15) is 5.10 Å². The number of aryl methyl sites for hydroxylation is 1. The zero-order valence-corrected chi connectivity index (χ0v) is 11.4. The molecule has 0 aromatic carbocycles. The smallest absolute Gasteiger partial charge is 0.341 e. The van der Waals surface area contributed by atoms with Gasteiger partial charge in [-0.3, -0.25) is 9.48 Å². The Balaban J connectivity index is 3.04. The van der Waals surface area contributed by atoms with Crippen LogP contribution in [0.2, 0.25) is 0 Å². The Kier molecular flexibility index (Phi) is 4.65. The molecule has 0 aliphatic rings. The van der Waals surface area contributed by atoms with Gasteiger partial charge in [-0.1, -0.05) is 0 Å². The largest absolute Gasteiger partial charge is 0.462 e. The maximum Gasteiger partial charge on any atom is 0.341 e. The number of hydrogen-bond acceptors (Lipinski definition) is 6. The van der Waals surface area contributed by atoms with Gasteiger partial charge in [0.15, 0.2) is 9.84 Å². The van der Waals surface area contributed by atoms with Crippen molar-refractivity contribution in [2.75, 3.05) is 12.4 Å². The molecule has 1 amide bonds. The van der Waals surface area contributed by atoms with Crippen molar-refractivity contribution < 1.29 is 22.7 Å². The quantitative estimate of drug-likeness (QED) is 0.670. The summed E-state index contributed by atoms with van der Waals surface area (Å²) < 4.78 is 29.5. The van der Waals surface area contributed by atoms with Gasteiger partial charge in [-0.25, -0.2) is 13.2 Å². The fourth-order valence-electron chi connectivity index (χ4n) is 1.49. The Morgan fingerprint density at radius 2 is 2.11 bits per heavy atom. The van der Waals surface area contributed by atoms with E-state index in [0.29, 0.717) is 0 Å². The maximum atomic E-state index is 11.7. The molecule has 106 valence electrons. The first-order valence-electron chi connectivity index (χ1n) is 5.43. The van der Waals surface area contributed by atoms with E-state index in [1.807, 2.05) is 0 Å². The molecule has 19 heavy (non-hydrogen) atoms. The van der Waals surface area contributed by atoms with Crippen LogP contribution in [0.4, 0.5) is 0 Å². The van der Waals surface area contributed by atoms with E-state index in [-0.39, 0.29) is 17.9 Å². The van der Waals surface area contributed by atoms with Gasteiger partial charge in [-0.05, 0) is 6.92 Å². The molecule has 0 spiro atoms. The van der Waals surface area contributed by atoms with Crippen LogP contribution in [-0.4, -0.2) is 42.4 Å². The lowest BCUT2D eigenvalue weighted by atomic mass is 10.3. The molecule has 0 fully saturated rings. The number of carbonyl (C=O) groups excluding carboxylic acids is 2. The molecule has 0 saturated carbocycles. The van der Waals surface area contributed by atoms with Gasteiger partial charge in [-0.15, -0.1) is 0 Å². The third kappa shape index (κ3) is 4.05. The van der Waals surface area contributed by atoms with Crippen molar-refractivity contribution in [3.8, 4) is 0 Å². The summed E-state index contributed by atoms with van der Waals surface area (Å²) in [5.41, 5.74) is 5.09. The van der Waals surface area contributed by atoms with Crippen molar-refractivity contribution in [3.05, 3.63) is 17.5 Å². The standard InChI is InChI=1S/C10H15N3O5S/c1-3-18-10(15)7-4-12-13(2)8(7)5-19(16,17)6-9(11)14/h4H,3,5-6H2,1-2H3,(H2,11,14). The minimum Gasteiger partial charge on any atom is -0.462 e. The van der Waals surface area contributed by atoms with E-state index >= 15 is 0 Å². The van der Waals surface area contributed by atoms with Crippen molar-refractivity contribution in [3.63, 3.8) is 0 Å². The van der Waals surface area contributed by atoms with E-state index in [0.717, 1.165) is 0 Å². The minimum absolute atomic E-state index is 0.0670. The summed E-state index contributed by atoms with van der Waals surface area (Å²) in [7, 11) is -2.24. The summed E-state index contributed by atoms with van der Waals surface area (Å²) in [5.74, 6) is -2.87. The third-order valence-electron chi connectivity index (χ3n) is 2.28. The Labute approximate surface area is 110 Å². The molecule has 0 saturated heterocycles. The molecule has 0 aliphatic heterocycles. The Bertz CT molecular complexity index is 590. The van der Waals surface area contributed by atoms with Gasteiger partial charge in [0.25, 0.3) is 0 Å². The van der Waals surface area contributed by atoms with Crippen molar-refractivity contribution in [2.45, 2.75) is 12.7 Å². The van der Waals surface area contributed by atoms with E-state index < -0.39 is 33.2 Å². The highest BCUT2D eigenvalue weighted by Gasteiger charge is 2.23. The second-order valence-corrected chi connectivity index (χ2v) is 5.91. The SMILES string of the molecule is CCOC(=O)c1cnn(C)c1CS(=O)(=O)CC(N)=O. The van der Waals surface area contributed by atoms with Crippen molar-refractivity contribution in [2.24, 2.45) is 12.8 Å². The van der Waals surface area contributed by atoms with Gasteiger partial charge in [0, 0.05) is 7.05 Å². The lowest BCUT2D eigenvalue weighted by molar-refractivity contribution is -0.115. The average Bonchev–Trinajstić information content (AvgIpc) is 2.58. The number of amides is 1. The molecule has 0 atom stereocenters. The van der Waals surface area contributed by atoms with E-state index in [4.69, 9.17) is 10.5 Å². The summed E-state index contributed by atoms with van der Waals surface area (Å²) in [6, 6.07) is 0. The fourth-order valence-corrected chi connectivity index (χ4v) is 2.78.